The number of furan rings is 1. The van der Waals surface area contributed by atoms with Crippen molar-refractivity contribution in [3.8, 4) is 5.75 Å². The Bertz CT molecular complexity index is 590. The van der Waals surface area contributed by atoms with E-state index in [1.165, 1.54) is 11.1 Å². The minimum atomic E-state index is 0.265. The van der Waals surface area contributed by atoms with Gasteiger partial charge in [-0.15, -0.1) is 0 Å². The van der Waals surface area contributed by atoms with E-state index in [9.17, 15) is 0 Å². The van der Waals surface area contributed by atoms with E-state index in [0.29, 0.717) is 5.92 Å². The Kier molecular flexibility index (Phi) is 4.30. The molecule has 2 atom stereocenters. The van der Waals surface area contributed by atoms with Crippen molar-refractivity contribution in [1.82, 2.24) is 5.32 Å². The highest BCUT2D eigenvalue weighted by molar-refractivity contribution is 5.38. The molecule has 0 aliphatic carbocycles. The molecule has 1 aliphatic rings. The SMILES string of the molecule is CCNC(CC1CCOc2ccccc21)c1occc1C. The van der Waals surface area contributed by atoms with Gasteiger partial charge in [0.2, 0.25) is 0 Å². The topological polar surface area (TPSA) is 34.4 Å². The summed E-state index contributed by atoms with van der Waals surface area (Å²) in [4.78, 5) is 0. The zero-order chi connectivity index (χ0) is 14.7. The average molecular weight is 285 g/mol. The van der Waals surface area contributed by atoms with Crippen molar-refractivity contribution < 1.29 is 9.15 Å². The van der Waals surface area contributed by atoms with Gasteiger partial charge in [0.1, 0.15) is 11.5 Å². The van der Waals surface area contributed by atoms with Crippen molar-refractivity contribution in [1.29, 1.82) is 0 Å². The van der Waals surface area contributed by atoms with Gasteiger partial charge in [0, 0.05) is 0 Å². The Morgan fingerprint density at radius 1 is 1.29 bits per heavy atom. The largest absolute Gasteiger partial charge is 0.493 e. The van der Waals surface area contributed by atoms with Gasteiger partial charge in [-0.1, -0.05) is 25.1 Å². The van der Waals surface area contributed by atoms with Crippen molar-refractivity contribution in [2.75, 3.05) is 13.2 Å². The minimum Gasteiger partial charge on any atom is -0.493 e. The van der Waals surface area contributed by atoms with E-state index >= 15 is 0 Å². The molecule has 0 amide bonds. The highest BCUT2D eigenvalue weighted by Gasteiger charge is 2.26. The number of rotatable bonds is 5. The molecule has 0 spiro atoms. The standard InChI is InChI=1S/C18H23NO2/c1-3-19-16(18-13(2)8-10-21-18)12-14-9-11-20-17-7-5-4-6-15(14)17/h4-8,10,14,16,19H,3,9,11-12H2,1-2H3. The molecule has 0 saturated carbocycles. The van der Waals surface area contributed by atoms with Crippen LogP contribution in [0, 0.1) is 6.92 Å². The molecule has 1 aromatic carbocycles. The fourth-order valence-corrected chi connectivity index (χ4v) is 3.22. The van der Waals surface area contributed by atoms with Crippen LogP contribution in [0.5, 0.6) is 5.75 Å². The summed E-state index contributed by atoms with van der Waals surface area (Å²) in [5.41, 5.74) is 2.55. The molecular weight excluding hydrogens is 262 g/mol. The first-order chi connectivity index (χ1) is 10.3. The molecule has 0 saturated heterocycles. The normalized spacial score (nSPS) is 18.9. The van der Waals surface area contributed by atoms with Gasteiger partial charge in [0.25, 0.3) is 0 Å². The fourth-order valence-electron chi connectivity index (χ4n) is 3.22. The summed E-state index contributed by atoms with van der Waals surface area (Å²) >= 11 is 0. The first-order valence-corrected chi connectivity index (χ1v) is 7.78. The van der Waals surface area contributed by atoms with Gasteiger partial charge >= 0.3 is 0 Å². The van der Waals surface area contributed by atoms with Crippen molar-refractivity contribution >= 4 is 0 Å². The molecule has 21 heavy (non-hydrogen) atoms. The number of hydrogen-bond acceptors (Lipinski definition) is 3. The predicted molar refractivity (Wildman–Crippen MR) is 83.8 cm³/mol. The quantitative estimate of drug-likeness (QED) is 0.894. The van der Waals surface area contributed by atoms with Gasteiger partial charge in [-0.05, 0) is 55.5 Å². The third-order valence-corrected chi connectivity index (χ3v) is 4.27. The second-order valence-corrected chi connectivity index (χ2v) is 5.69. The molecule has 0 radical (unpaired) electrons. The fraction of sp³-hybridized carbons (Fsp3) is 0.444. The van der Waals surface area contributed by atoms with E-state index in [2.05, 4.69) is 37.4 Å². The zero-order valence-corrected chi connectivity index (χ0v) is 12.8. The molecule has 0 bridgehead atoms. The molecule has 3 nitrogen and oxygen atoms in total. The second kappa shape index (κ2) is 6.35. The van der Waals surface area contributed by atoms with Crippen LogP contribution in [0.25, 0.3) is 0 Å². The van der Waals surface area contributed by atoms with Crippen LogP contribution < -0.4 is 10.1 Å². The Hall–Kier alpha value is -1.74. The second-order valence-electron chi connectivity index (χ2n) is 5.69. The third-order valence-electron chi connectivity index (χ3n) is 4.27. The first kappa shape index (κ1) is 14.2. The summed E-state index contributed by atoms with van der Waals surface area (Å²) in [5.74, 6) is 2.63. The predicted octanol–water partition coefficient (Wildman–Crippen LogP) is 4.20. The lowest BCUT2D eigenvalue weighted by Gasteiger charge is -2.29. The van der Waals surface area contributed by atoms with Crippen LogP contribution in [0.3, 0.4) is 0 Å². The van der Waals surface area contributed by atoms with Crippen molar-refractivity contribution in [3.63, 3.8) is 0 Å². The Labute approximate surface area is 126 Å². The van der Waals surface area contributed by atoms with Gasteiger partial charge < -0.3 is 14.5 Å². The number of ether oxygens (including phenoxy) is 1. The maximum absolute atomic E-state index is 5.77. The van der Waals surface area contributed by atoms with Gasteiger partial charge in [-0.25, -0.2) is 0 Å². The van der Waals surface area contributed by atoms with E-state index in [4.69, 9.17) is 9.15 Å². The Morgan fingerprint density at radius 3 is 2.90 bits per heavy atom. The van der Waals surface area contributed by atoms with Crippen LogP contribution in [0.4, 0.5) is 0 Å². The number of para-hydroxylation sites is 1. The van der Waals surface area contributed by atoms with Crippen LogP contribution >= 0.6 is 0 Å². The molecule has 112 valence electrons. The molecule has 1 aliphatic heterocycles. The summed E-state index contributed by atoms with van der Waals surface area (Å²) < 4.78 is 11.5. The molecule has 2 aromatic rings. The smallest absolute Gasteiger partial charge is 0.123 e. The highest BCUT2D eigenvalue weighted by atomic mass is 16.5. The van der Waals surface area contributed by atoms with Crippen molar-refractivity contribution in [2.45, 2.75) is 38.6 Å². The zero-order valence-electron chi connectivity index (χ0n) is 12.8. The molecule has 1 aromatic heterocycles. The van der Waals surface area contributed by atoms with Gasteiger partial charge in [-0.3, -0.25) is 0 Å². The number of aryl methyl sites for hydroxylation is 1. The van der Waals surface area contributed by atoms with Crippen molar-refractivity contribution in [3.05, 3.63) is 53.5 Å². The maximum atomic E-state index is 5.77. The summed E-state index contributed by atoms with van der Waals surface area (Å²) in [6.07, 6.45) is 3.90. The van der Waals surface area contributed by atoms with Crippen molar-refractivity contribution in [2.24, 2.45) is 0 Å². The Morgan fingerprint density at radius 2 is 2.14 bits per heavy atom. The van der Waals surface area contributed by atoms with E-state index in [0.717, 1.165) is 37.5 Å². The highest BCUT2D eigenvalue weighted by Crippen LogP contribution is 2.39. The number of nitrogens with one attached hydrogen (secondary N) is 1. The molecule has 2 unspecified atom stereocenters. The van der Waals surface area contributed by atoms with Gasteiger partial charge in [0.05, 0.1) is 18.9 Å². The van der Waals surface area contributed by atoms with E-state index in [1.54, 1.807) is 6.26 Å². The van der Waals surface area contributed by atoms with E-state index in [1.807, 2.05) is 12.1 Å². The lowest BCUT2D eigenvalue weighted by Crippen LogP contribution is -2.25. The van der Waals surface area contributed by atoms with E-state index in [-0.39, 0.29) is 6.04 Å². The number of benzene rings is 1. The third kappa shape index (κ3) is 2.98. The number of fused-ring (bicyclic) bond motifs is 1. The Balaban J connectivity index is 1.83. The van der Waals surface area contributed by atoms with Crippen LogP contribution in [0.2, 0.25) is 0 Å². The average Bonchev–Trinajstić information content (AvgIpc) is 2.93. The molecule has 1 N–H and O–H groups in total. The van der Waals surface area contributed by atoms with E-state index < -0.39 is 0 Å². The molecule has 3 rings (SSSR count). The summed E-state index contributed by atoms with van der Waals surface area (Å²) in [5, 5.41) is 3.57. The summed E-state index contributed by atoms with van der Waals surface area (Å²) in [7, 11) is 0. The van der Waals surface area contributed by atoms with Crippen LogP contribution in [-0.2, 0) is 0 Å². The van der Waals surface area contributed by atoms with Crippen LogP contribution in [-0.4, -0.2) is 13.2 Å². The number of hydrogen-bond donors (Lipinski definition) is 1. The summed E-state index contributed by atoms with van der Waals surface area (Å²) in [6, 6.07) is 10.7. The molecular formula is C18H23NO2. The molecule has 2 heterocycles. The molecule has 0 fully saturated rings. The van der Waals surface area contributed by atoms with Crippen LogP contribution in [0.15, 0.2) is 41.0 Å². The van der Waals surface area contributed by atoms with Crippen LogP contribution in [0.1, 0.15) is 48.6 Å². The lowest BCUT2D eigenvalue weighted by molar-refractivity contribution is 0.251. The summed E-state index contributed by atoms with van der Waals surface area (Å²) in [6.45, 7) is 6.00. The maximum Gasteiger partial charge on any atom is 0.123 e. The monoisotopic (exact) mass is 285 g/mol. The van der Waals surface area contributed by atoms with Gasteiger partial charge in [0.15, 0.2) is 0 Å². The first-order valence-electron chi connectivity index (χ1n) is 7.78. The minimum absolute atomic E-state index is 0.265. The van der Waals surface area contributed by atoms with Gasteiger partial charge in [-0.2, -0.15) is 0 Å². The molecule has 3 heteroatoms. The lowest BCUT2D eigenvalue weighted by atomic mass is 9.86.